The Morgan fingerprint density at radius 2 is 1.33 bits per heavy atom. The van der Waals surface area contributed by atoms with Crippen molar-refractivity contribution in [1.82, 2.24) is 0 Å². The molecule has 12 heteroatoms. The fourth-order valence-corrected chi connectivity index (χ4v) is 2.62. The maximum absolute atomic E-state index is 10.3. The van der Waals surface area contributed by atoms with Crippen molar-refractivity contribution in [2.45, 2.75) is 11.5 Å². The summed E-state index contributed by atoms with van der Waals surface area (Å²) >= 11 is 0. The first-order chi connectivity index (χ1) is 5.56. The van der Waals surface area contributed by atoms with E-state index in [4.69, 9.17) is 10.8 Å². The van der Waals surface area contributed by atoms with Crippen LogP contribution in [0.5, 0.6) is 0 Å². The van der Waals surface area contributed by atoms with Crippen LogP contribution in [-0.4, -0.2) is 16.7 Å². The summed E-state index contributed by atoms with van der Waals surface area (Å²) in [6, 6.07) is 0. The summed E-state index contributed by atoms with van der Waals surface area (Å²) < 4.78 is 20.6. The van der Waals surface area contributed by atoms with Gasteiger partial charge >= 0.3 is 59.1 Å². The zero-order valence-corrected chi connectivity index (χ0v) is 14.1. The van der Waals surface area contributed by atoms with E-state index in [1.54, 1.807) is 0 Å². The first kappa shape index (κ1) is 22.4. The van der Waals surface area contributed by atoms with Gasteiger partial charge in [-0.15, -0.1) is 0 Å². The van der Waals surface area contributed by atoms with E-state index in [9.17, 15) is 28.7 Å². The van der Waals surface area contributed by atoms with E-state index in [0.29, 0.717) is 0 Å². The third kappa shape index (κ3) is 5.59. The van der Waals surface area contributed by atoms with E-state index in [1.165, 1.54) is 0 Å². The molecular weight excluding hydrogens is 270 g/mol. The predicted octanol–water partition coefficient (Wildman–Crippen LogP) is -10.2. The van der Waals surface area contributed by atoms with E-state index in [2.05, 4.69) is 0 Å². The van der Waals surface area contributed by atoms with Crippen LogP contribution in [0.25, 0.3) is 0 Å². The Hall–Kier alpha value is 2.22. The van der Waals surface area contributed by atoms with Gasteiger partial charge < -0.3 is 39.5 Å². The van der Waals surface area contributed by atoms with Crippen molar-refractivity contribution in [1.29, 1.82) is 0 Å². The molecule has 0 bridgehead atoms. The Balaban J connectivity index is -0.000000720. The summed E-state index contributed by atoms with van der Waals surface area (Å²) in [5.41, 5.74) is 4.75. The van der Waals surface area contributed by atoms with Gasteiger partial charge in [-0.3, -0.25) is 0 Å². The second-order valence-corrected chi connectivity index (χ2v) is 6.13. The summed E-state index contributed by atoms with van der Waals surface area (Å²) in [5, 5.41) is 5.02. The molecule has 0 saturated heterocycles. The summed E-state index contributed by atoms with van der Waals surface area (Å²) in [7, 11) is -11.9. The van der Waals surface area contributed by atoms with E-state index in [1.807, 2.05) is 0 Å². The molecule has 0 atom stereocenters. The van der Waals surface area contributed by atoms with Crippen molar-refractivity contribution in [3.63, 3.8) is 0 Å². The minimum Gasteiger partial charge on any atom is -0.808 e. The van der Waals surface area contributed by atoms with Crippen LogP contribution in [0.3, 0.4) is 0 Å². The fraction of sp³-hybridized carbons (Fsp3) is 1.00. The van der Waals surface area contributed by atoms with E-state index >= 15 is 0 Å². The minimum absolute atomic E-state index is 0. The van der Waals surface area contributed by atoms with Gasteiger partial charge in [-0.25, -0.2) is 0 Å². The number of nitrogens with two attached hydrogens (primary N) is 1. The zero-order valence-electron chi connectivity index (χ0n) is 8.28. The van der Waals surface area contributed by atoms with Gasteiger partial charge in [0.05, 0.1) is 0 Å². The Morgan fingerprint density at radius 3 is 1.40 bits per heavy atom. The van der Waals surface area contributed by atoms with Gasteiger partial charge in [0.2, 0.25) is 0 Å². The molecule has 0 saturated carbocycles. The van der Waals surface area contributed by atoms with Gasteiger partial charge in [0.15, 0.2) is 0 Å². The average Bonchev–Trinajstić information content (AvgIpc) is 1.82. The maximum atomic E-state index is 10.3. The molecule has 0 aromatic carbocycles. The van der Waals surface area contributed by atoms with E-state index in [-0.39, 0.29) is 59.1 Å². The summed E-state index contributed by atoms with van der Waals surface area (Å²) in [6.07, 6.45) is -1.12. The van der Waals surface area contributed by atoms with Crippen LogP contribution in [0.4, 0.5) is 0 Å². The standard InChI is InChI=1S/C3H11NO7P2.2Na/c4-2-1-3(5,12(6,7)8)13(9,10)11;;/h5H,1-2,4H2,(H2,6,7,8)(H2,9,10,11);;/q;2*+1/p-4. The van der Waals surface area contributed by atoms with Crippen molar-refractivity contribution in [2.75, 3.05) is 6.54 Å². The molecule has 0 aromatic rings. The van der Waals surface area contributed by atoms with Gasteiger partial charge in [-0.2, -0.15) is 0 Å². The Bertz CT molecular complexity index is 251. The molecule has 80 valence electrons. The molecule has 8 nitrogen and oxygen atoms in total. The molecule has 15 heavy (non-hydrogen) atoms. The van der Waals surface area contributed by atoms with Crippen molar-refractivity contribution < 1.29 is 92.9 Å². The third-order valence-corrected chi connectivity index (χ3v) is 5.03. The molecule has 0 aliphatic carbocycles. The molecule has 0 aliphatic heterocycles. The van der Waals surface area contributed by atoms with Gasteiger partial charge in [0.25, 0.3) is 0 Å². The van der Waals surface area contributed by atoms with Crippen LogP contribution in [0, 0.1) is 0 Å². The molecule has 0 aromatic heterocycles. The molecule has 0 unspecified atom stereocenters. The van der Waals surface area contributed by atoms with Crippen molar-refractivity contribution in [2.24, 2.45) is 5.73 Å². The van der Waals surface area contributed by atoms with Gasteiger partial charge in [0.1, 0.15) is 5.08 Å². The Kier molecular flexibility index (Phi) is 11.4. The van der Waals surface area contributed by atoms with Gasteiger partial charge in [0, 0.05) is 0 Å². The first-order valence-corrected chi connectivity index (χ1v) is 6.11. The van der Waals surface area contributed by atoms with Crippen LogP contribution in [0.1, 0.15) is 6.42 Å². The second kappa shape index (κ2) is 7.61. The van der Waals surface area contributed by atoms with Crippen LogP contribution in [0.15, 0.2) is 0 Å². The SMILES string of the molecule is NCCC(O)(P(=O)([O-])[O-])P(=O)([O-])[O-].[Na+].[Na+]. The quantitative estimate of drug-likeness (QED) is 0.376. The van der Waals surface area contributed by atoms with Crippen LogP contribution < -0.4 is 84.4 Å². The molecule has 0 fully saturated rings. The minimum atomic E-state index is -5.94. The van der Waals surface area contributed by atoms with Crippen molar-refractivity contribution in [3.05, 3.63) is 0 Å². The summed E-state index contributed by atoms with van der Waals surface area (Å²) in [6.45, 7) is -0.612. The Morgan fingerprint density at radius 1 is 1.07 bits per heavy atom. The van der Waals surface area contributed by atoms with Crippen LogP contribution in [-0.2, 0) is 9.13 Å². The predicted molar refractivity (Wildman–Crippen MR) is 33.8 cm³/mol. The fourth-order valence-electron chi connectivity index (χ4n) is 0.618. The van der Waals surface area contributed by atoms with E-state index < -0.39 is 33.2 Å². The molecule has 0 rings (SSSR count). The second-order valence-electron chi connectivity index (χ2n) is 2.31. The first-order valence-electron chi connectivity index (χ1n) is 3.03. The monoisotopic (exact) mass is 277 g/mol. The van der Waals surface area contributed by atoms with Gasteiger partial charge in [-0.05, 0) is 28.2 Å². The van der Waals surface area contributed by atoms with Crippen LogP contribution in [0.2, 0.25) is 0 Å². The third-order valence-electron chi connectivity index (χ3n) is 1.36. The summed E-state index contributed by atoms with van der Waals surface area (Å²) in [4.78, 5) is 41.1. The summed E-state index contributed by atoms with van der Waals surface area (Å²) in [5.74, 6) is 0. The number of hydrogen-bond donors (Lipinski definition) is 2. The zero-order chi connectivity index (χ0) is 10.9. The number of aliphatic hydroxyl groups is 1. The van der Waals surface area contributed by atoms with Crippen molar-refractivity contribution >= 4 is 15.2 Å². The van der Waals surface area contributed by atoms with Crippen molar-refractivity contribution in [3.8, 4) is 0 Å². The molecule has 0 heterocycles. The number of hydrogen-bond acceptors (Lipinski definition) is 8. The maximum Gasteiger partial charge on any atom is 1.00 e. The number of rotatable bonds is 4. The molecular formula is C3H7NNa2O7P2-2. The molecule has 0 aliphatic rings. The molecule has 3 N–H and O–H groups in total. The van der Waals surface area contributed by atoms with E-state index in [0.717, 1.165) is 0 Å². The van der Waals surface area contributed by atoms with Gasteiger partial charge in [-0.1, -0.05) is 0 Å². The Labute approximate surface area is 131 Å². The topological polar surface area (TPSA) is 173 Å². The van der Waals surface area contributed by atoms with Crippen LogP contribution >= 0.6 is 15.2 Å². The largest absolute Gasteiger partial charge is 1.00 e. The average molecular weight is 277 g/mol. The molecule has 0 amide bonds. The molecule has 0 radical (unpaired) electrons. The smallest absolute Gasteiger partial charge is 0.808 e. The molecule has 0 spiro atoms. The normalized spacial score (nSPS) is 12.7.